The molecular formula is C62H36S. The fraction of sp³-hybridized carbons (Fsp3) is 0. The monoisotopic (exact) mass is 812 g/mol. The molecule has 0 saturated carbocycles. The maximum Gasteiger partial charge on any atom is 0.0355 e. The highest BCUT2D eigenvalue weighted by Crippen LogP contribution is 2.45. The van der Waals surface area contributed by atoms with E-state index in [1.165, 1.54) is 140 Å². The molecular weight excluding hydrogens is 777 g/mol. The van der Waals surface area contributed by atoms with Crippen LogP contribution in [0.5, 0.6) is 0 Å². The Morgan fingerprint density at radius 2 is 0.571 bits per heavy atom. The van der Waals surface area contributed by atoms with Crippen molar-refractivity contribution < 1.29 is 0 Å². The van der Waals surface area contributed by atoms with Crippen molar-refractivity contribution >= 4 is 96.1 Å². The molecule has 0 spiro atoms. The highest BCUT2D eigenvalue weighted by atomic mass is 32.1. The molecule has 0 atom stereocenters. The largest absolute Gasteiger partial charge is 0.135 e. The molecule has 14 aromatic rings. The standard InChI is InChI=1S/C62H36S/c1-2-7-37(8-3-1)49-25-17-41-22-30-54-51(27-19-42-21-29-52(49)61(41)62(42)54)48-14-6-12-44(34-48)46-24-32-58-56(36-46)55-35-45(23-31-57(55)63-58)43-11-5-13-47(33-43)50-26-18-40-16-15-38-9-4-10-39-20-28-53(50)60(40)59(38)39/h1-36H. The highest BCUT2D eigenvalue weighted by molar-refractivity contribution is 7.25. The van der Waals surface area contributed by atoms with Crippen LogP contribution in [0.25, 0.3) is 140 Å². The van der Waals surface area contributed by atoms with Crippen LogP contribution in [0.1, 0.15) is 0 Å². The van der Waals surface area contributed by atoms with Gasteiger partial charge in [-0.2, -0.15) is 0 Å². The number of hydrogen-bond donors (Lipinski definition) is 0. The first-order valence-electron chi connectivity index (χ1n) is 21.8. The maximum absolute atomic E-state index is 2.41. The van der Waals surface area contributed by atoms with Crippen LogP contribution in [-0.2, 0) is 0 Å². The molecule has 0 saturated heterocycles. The van der Waals surface area contributed by atoms with Crippen molar-refractivity contribution in [2.24, 2.45) is 0 Å². The summed E-state index contributed by atoms with van der Waals surface area (Å²) in [5.41, 5.74) is 12.5. The lowest BCUT2D eigenvalue weighted by Crippen LogP contribution is -1.89. The van der Waals surface area contributed by atoms with E-state index < -0.39 is 0 Å². The molecule has 13 aromatic carbocycles. The second kappa shape index (κ2) is 13.3. The van der Waals surface area contributed by atoms with Gasteiger partial charge >= 0.3 is 0 Å². The van der Waals surface area contributed by atoms with Crippen molar-refractivity contribution in [2.45, 2.75) is 0 Å². The quantitative estimate of drug-likeness (QED) is 0.152. The van der Waals surface area contributed by atoms with E-state index in [9.17, 15) is 0 Å². The molecule has 0 aliphatic carbocycles. The Morgan fingerprint density at radius 3 is 1.08 bits per heavy atom. The SMILES string of the molecule is c1ccc(-c2ccc3ccc4c(-c5cccc(-c6ccc7sc8ccc(-c9cccc(-c%10ccc%11ccc%12cccc%13ccc%10c%11c%12%13)c9)cc8c7c6)c5)ccc5ccc2c3c54)cc1. The van der Waals surface area contributed by atoms with E-state index in [0.717, 1.165) is 0 Å². The lowest BCUT2D eigenvalue weighted by atomic mass is 9.87. The summed E-state index contributed by atoms with van der Waals surface area (Å²) < 4.78 is 2.62. The van der Waals surface area contributed by atoms with Gasteiger partial charge in [-0.05, 0) is 157 Å². The zero-order valence-corrected chi connectivity index (χ0v) is 35.0. The molecule has 0 aliphatic heterocycles. The fourth-order valence-corrected chi connectivity index (χ4v) is 11.8. The average molecular weight is 813 g/mol. The topological polar surface area (TPSA) is 0 Å². The third kappa shape index (κ3) is 5.27. The summed E-state index contributed by atoms with van der Waals surface area (Å²) in [6, 6.07) is 81.8. The molecule has 0 bridgehead atoms. The van der Waals surface area contributed by atoms with E-state index in [1.807, 2.05) is 11.3 Å². The van der Waals surface area contributed by atoms with Crippen LogP contribution in [0.4, 0.5) is 0 Å². The fourth-order valence-electron chi connectivity index (χ4n) is 10.8. The van der Waals surface area contributed by atoms with Gasteiger partial charge in [-0.3, -0.25) is 0 Å². The van der Waals surface area contributed by atoms with Crippen LogP contribution in [0, 0.1) is 0 Å². The number of fused-ring (bicyclic) bond motifs is 3. The third-order valence-electron chi connectivity index (χ3n) is 13.8. The molecule has 0 N–H and O–H groups in total. The minimum absolute atomic E-state index is 1.22. The number of rotatable bonds is 5. The van der Waals surface area contributed by atoms with Gasteiger partial charge in [0.25, 0.3) is 0 Å². The average Bonchev–Trinajstić information content (AvgIpc) is 3.72. The van der Waals surface area contributed by atoms with Gasteiger partial charge in [-0.25, -0.2) is 0 Å². The Labute approximate surface area is 368 Å². The molecule has 0 radical (unpaired) electrons. The molecule has 63 heavy (non-hydrogen) atoms. The van der Waals surface area contributed by atoms with Gasteiger partial charge in [0.2, 0.25) is 0 Å². The number of thiophene rings is 1. The van der Waals surface area contributed by atoms with Crippen molar-refractivity contribution in [2.75, 3.05) is 0 Å². The summed E-state index contributed by atoms with van der Waals surface area (Å²) in [5, 5.41) is 18.4. The van der Waals surface area contributed by atoms with Crippen molar-refractivity contribution in [3.05, 3.63) is 218 Å². The molecule has 0 fully saturated rings. The molecule has 290 valence electrons. The van der Waals surface area contributed by atoms with E-state index in [1.54, 1.807) is 0 Å². The molecule has 0 aliphatic rings. The molecule has 1 aromatic heterocycles. The number of hydrogen-bond acceptors (Lipinski definition) is 1. The Bertz CT molecular complexity index is 4120. The van der Waals surface area contributed by atoms with E-state index in [-0.39, 0.29) is 0 Å². The van der Waals surface area contributed by atoms with E-state index >= 15 is 0 Å². The summed E-state index contributed by atoms with van der Waals surface area (Å²) in [6.45, 7) is 0. The van der Waals surface area contributed by atoms with E-state index in [4.69, 9.17) is 0 Å². The van der Waals surface area contributed by atoms with Crippen LogP contribution in [0.2, 0.25) is 0 Å². The molecule has 0 amide bonds. The molecule has 1 heteroatoms. The summed E-state index contributed by atoms with van der Waals surface area (Å²) in [6.07, 6.45) is 0. The van der Waals surface area contributed by atoms with Crippen molar-refractivity contribution in [1.29, 1.82) is 0 Å². The van der Waals surface area contributed by atoms with Crippen LogP contribution < -0.4 is 0 Å². The lowest BCUT2D eigenvalue weighted by molar-refractivity contribution is 1.63. The summed E-state index contributed by atoms with van der Waals surface area (Å²) >= 11 is 1.88. The van der Waals surface area contributed by atoms with Gasteiger partial charge in [-0.1, -0.05) is 182 Å². The van der Waals surface area contributed by atoms with E-state index in [0.29, 0.717) is 0 Å². The van der Waals surface area contributed by atoms with Gasteiger partial charge in [-0.15, -0.1) is 11.3 Å². The Morgan fingerprint density at radius 1 is 0.206 bits per heavy atom. The van der Waals surface area contributed by atoms with Gasteiger partial charge < -0.3 is 0 Å². The third-order valence-corrected chi connectivity index (χ3v) is 14.9. The summed E-state index contributed by atoms with van der Waals surface area (Å²) in [5.74, 6) is 0. The zero-order chi connectivity index (χ0) is 41.2. The highest BCUT2D eigenvalue weighted by Gasteiger charge is 2.17. The molecule has 1 heterocycles. The molecule has 0 unspecified atom stereocenters. The molecule has 0 nitrogen and oxygen atoms in total. The predicted molar refractivity (Wildman–Crippen MR) is 274 cm³/mol. The van der Waals surface area contributed by atoms with Gasteiger partial charge in [0.15, 0.2) is 0 Å². The van der Waals surface area contributed by atoms with E-state index in [2.05, 4.69) is 218 Å². The van der Waals surface area contributed by atoms with Crippen molar-refractivity contribution in [3.8, 4) is 55.6 Å². The minimum atomic E-state index is 1.22. The first kappa shape index (κ1) is 34.8. The normalized spacial score (nSPS) is 12.1. The van der Waals surface area contributed by atoms with Gasteiger partial charge in [0, 0.05) is 20.2 Å². The van der Waals surface area contributed by atoms with Gasteiger partial charge in [0.1, 0.15) is 0 Å². The van der Waals surface area contributed by atoms with Crippen molar-refractivity contribution in [3.63, 3.8) is 0 Å². The number of benzene rings is 13. The minimum Gasteiger partial charge on any atom is -0.135 e. The summed E-state index contributed by atoms with van der Waals surface area (Å²) in [4.78, 5) is 0. The van der Waals surface area contributed by atoms with Crippen LogP contribution in [0.3, 0.4) is 0 Å². The first-order chi connectivity index (χ1) is 31.2. The maximum atomic E-state index is 2.41. The Kier molecular flexibility index (Phi) is 7.37. The zero-order valence-electron chi connectivity index (χ0n) is 34.2. The molecule has 14 rings (SSSR count). The van der Waals surface area contributed by atoms with Crippen LogP contribution in [-0.4, -0.2) is 0 Å². The van der Waals surface area contributed by atoms with Crippen LogP contribution in [0.15, 0.2) is 218 Å². The first-order valence-corrected chi connectivity index (χ1v) is 22.6. The van der Waals surface area contributed by atoms with Crippen molar-refractivity contribution in [1.82, 2.24) is 0 Å². The lowest BCUT2D eigenvalue weighted by Gasteiger charge is -2.17. The second-order valence-electron chi connectivity index (χ2n) is 17.2. The Hall–Kier alpha value is -7.84. The van der Waals surface area contributed by atoms with Gasteiger partial charge in [0.05, 0.1) is 0 Å². The summed E-state index contributed by atoms with van der Waals surface area (Å²) in [7, 11) is 0. The smallest absolute Gasteiger partial charge is 0.0355 e. The van der Waals surface area contributed by atoms with Crippen LogP contribution >= 0.6 is 11.3 Å². The second-order valence-corrected chi connectivity index (χ2v) is 18.3. The Balaban J connectivity index is 0.853. The predicted octanol–water partition coefficient (Wildman–Crippen LogP) is 18.2.